The van der Waals surface area contributed by atoms with Gasteiger partial charge in [0, 0.05) is 21.6 Å². The fraction of sp³-hybridized carbons (Fsp3) is 0. The van der Waals surface area contributed by atoms with Crippen LogP contribution in [0.4, 0.5) is 11.5 Å². The Kier molecular flexibility index (Phi) is 5.23. The highest BCUT2D eigenvalue weighted by Gasteiger charge is 2.11. The molecule has 0 atom stereocenters. The summed E-state index contributed by atoms with van der Waals surface area (Å²) in [6, 6.07) is 12.5. The van der Waals surface area contributed by atoms with Gasteiger partial charge in [-0.25, -0.2) is 14.8 Å². The molecular formula is C18H13BrN4O3. The van der Waals surface area contributed by atoms with E-state index >= 15 is 0 Å². The van der Waals surface area contributed by atoms with Crippen molar-refractivity contribution in [2.24, 2.45) is 5.73 Å². The SMILES string of the molecule is NC(=CC=O)C(=O)Oc1ccc2ncnc(Nc3cccc(Br)c3)c2c1. The first-order valence-electron chi connectivity index (χ1n) is 7.47. The molecule has 0 aliphatic carbocycles. The monoisotopic (exact) mass is 412 g/mol. The van der Waals surface area contributed by atoms with Crippen LogP contribution in [0.15, 0.2) is 65.0 Å². The third kappa shape index (κ3) is 4.04. The van der Waals surface area contributed by atoms with Gasteiger partial charge in [-0.3, -0.25) is 4.79 Å². The van der Waals surface area contributed by atoms with Gasteiger partial charge in [0.25, 0.3) is 0 Å². The van der Waals surface area contributed by atoms with E-state index in [2.05, 4.69) is 31.2 Å². The second-order valence-corrected chi connectivity index (χ2v) is 6.10. The zero-order valence-electron chi connectivity index (χ0n) is 13.3. The highest BCUT2D eigenvalue weighted by atomic mass is 79.9. The molecule has 0 fully saturated rings. The molecule has 0 aliphatic heterocycles. The molecule has 0 unspecified atom stereocenters. The number of carbonyl (C=O) groups excluding carboxylic acids is 2. The molecule has 0 bridgehead atoms. The van der Waals surface area contributed by atoms with Crippen LogP contribution in [0.25, 0.3) is 10.9 Å². The Morgan fingerprint density at radius 2 is 2.04 bits per heavy atom. The first-order valence-corrected chi connectivity index (χ1v) is 8.26. The predicted octanol–water partition coefficient (Wildman–Crippen LogP) is 3.08. The van der Waals surface area contributed by atoms with E-state index in [1.807, 2.05) is 24.3 Å². The van der Waals surface area contributed by atoms with E-state index in [4.69, 9.17) is 10.5 Å². The summed E-state index contributed by atoms with van der Waals surface area (Å²) in [6.45, 7) is 0. The van der Waals surface area contributed by atoms with Crippen molar-refractivity contribution in [3.63, 3.8) is 0 Å². The van der Waals surface area contributed by atoms with Crippen molar-refractivity contribution in [2.45, 2.75) is 0 Å². The highest BCUT2D eigenvalue weighted by Crippen LogP contribution is 2.27. The normalized spacial score (nSPS) is 11.2. The summed E-state index contributed by atoms with van der Waals surface area (Å²) in [5.74, 6) is 0.00837. The van der Waals surface area contributed by atoms with Crippen LogP contribution in [0.2, 0.25) is 0 Å². The number of benzene rings is 2. The number of allylic oxidation sites excluding steroid dienone is 1. The van der Waals surface area contributed by atoms with E-state index in [0.29, 0.717) is 23.0 Å². The topological polar surface area (TPSA) is 107 Å². The number of aldehydes is 1. The average Bonchev–Trinajstić information content (AvgIpc) is 2.62. The molecule has 3 rings (SSSR count). The fourth-order valence-corrected chi connectivity index (χ4v) is 2.61. The van der Waals surface area contributed by atoms with Crippen molar-refractivity contribution in [3.8, 4) is 5.75 Å². The Bertz CT molecular complexity index is 1020. The Hall–Kier alpha value is -3.26. The lowest BCUT2D eigenvalue weighted by molar-refractivity contribution is -0.130. The van der Waals surface area contributed by atoms with Gasteiger partial charge >= 0.3 is 5.97 Å². The van der Waals surface area contributed by atoms with Crippen LogP contribution in [-0.2, 0) is 9.59 Å². The zero-order chi connectivity index (χ0) is 18.5. The second-order valence-electron chi connectivity index (χ2n) is 5.18. The number of rotatable bonds is 5. The Morgan fingerprint density at radius 1 is 1.19 bits per heavy atom. The number of aromatic nitrogens is 2. The van der Waals surface area contributed by atoms with Gasteiger partial charge in [-0.2, -0.15) is 0 Å². The van der Waals surface area contributed by atoms with E-state index < -0.39 is 5.97 Å². The van der Waals surface area contributed by atoms with Gasteiger partial charge in [0.2, 0.25) is 0 Å². The number of anilines is 2. The van der Waals surface area contributed by atoms with Crippen LogP contribution < -0.4 is 15.8 Å². The van der Waals surface area contributed by atoms with E-state index in [0.717, 1.165) is 16.2 Å². The van der Waals surface area contributed by atoms with Crippen LogP contribution in [0, 0.1) is 0 Å². The molecule has 26 heavy (non-hydrogen) atoms. The average molecular weight is 413 g/mol. The number of esters is 1. The van der Waals surface area contributed by atoms with Gasteiger partial charge in [0.1, 0.15) is 29.9 Å². The van der Waals surface area contributed by atoms with Gasteiger partial charge in [-0.05, 0) is 36.4 Å². The zero-order valence-corrected chi connectivity index (χ0v) is 14.9. The third-order valence-electron chi connectivity index (χ3n) is 3.39. The number of halogens is 1. The number of hydrogen-bond acceptors (Lipinski definition) is 7. The summed E-state index contributed by atoms with van der Waals surface area (Å²) in [4.78, 5) is 30.7. The fourth-order valence-electron chi connectivity index (χ4n) is 2.21. The molecule has 0 spiro atoms. The largest absolute Gasteiger partial charge is 0.422 e. The molecule has 0 aliphatic rings. The molecule has 3 N–H and O–H groups in total. The Balaban J connectivity index is 1.94. The second kappa shape index (κ2) is 7.75. The van der Waals surface area contributed by atoms with Crippen LogP contribution in [0.5, 0.6) is 5.75 Å². The highest BCUT2D eigenvalue weighted by molar-refractivity contribution is 9.10. The number of hydrogen-bond donors (Lipinski definition) is 2. The number of ether oxygens (including phenoxy) is 1. The van der Waals surface area contributed by atoms with Crippen molar-refractivity contribution >= 4 is 50.6 Å². The molecule has 0 amide bonds. The standard InChI is InChI=1S/C18H13BrN4O3/c19-11-2-1-3-12(8-11)23-17-14-9-13(4-5-16(14)21-10-22-17)26-18(25)15(20)6-7-24/h1-10H,20H2,(H,21,22,23). The van der Waals surface area contributed by atoms with Crippen LogP contribution in [0.3, 0.4) is 0 Å². The van der Waals surface area contributed by atoms with Crippen molar-refractivity contribution < 1.29 is 14.3 Å². The van der Waals surface area contributed by atoms with E-state index in [1.165, 1.54) is 6.33 Å². The lowest BCUT2D eigenvalue weighted by atomic mass is 10.2. The summed E-state index contributed by atoms with van der Waals surface area (Å²) in [7, 11) is 0. The number of nitrogens with two attached hydrogens (primary N) is 1. The van der Waals surface area contributed by atoms with Gasteiger partial charge in [-0.1, -0.05) is 22.0 Å². The maximum atomic E-state index is 11.8. The molecule has 0 saturated heterocycles. The predicted molar refractivity (Wildman–Crippen MR) is 101 cm³/mol. The minimum Gasteiger partial charge on any atom is -0.422 e. The van der Waals surface area contributed by atoms with Crippen molar-refractivity contribution in [1.29, 1.82) is 0 Å². The quantitative estimate of drug-likeness (QED) is 0.287. The van der Waals surface area contributed by atoms with Crippen LogP contribution in [-0.4, -0.2) is 22.2 Å². The molecule has 8 heteroatoms. The smallest absolute Gasteiger partial charge is 0.359 e. The van der Waals surface area contributed by atoms with Crippen molar-refractivity contribution in [2.75, 3.05) is 5.32 Å². The van der Waals surface area contributed by atoms with Crippen LogP contribution in [0.1, 0.15) is 0 Å². The summed E-state index contributed by atoms with van der Waals surface area (Å²) in [5.41, 5.74) is 6.68. The molecular weight excluding hydrogens is 400 g/mol. The molecule has 3 aromatic rings. The minimum absolute atomic E-state index is 0.261. The number of nitrogens with zero attached hydrogens (tertiary/aromatic N) is 2. The number of carbonyl (C=O) groups is 2. The lowest BCUT2D eigenvalue weighted by Crippen LogP contribution is -2.17. The van der Waals surface area contributed by atoms with E-state index in [1.54, 1.807) is 18.2 Å². The molecule has 7 nitrogen and oxygen atoms in total. The maximum absolute atomic E-state index is 11.8. The first kappa shape index (κ1) is 17.6. The summed E-state index contributed by atoms with van der Waals surface area (Å²) in [5, 5.41) is 3.87. The molecule has 1 heterocycles. The first-order chi connectivity index (χ1) is 12.6. The van der Waals surface area contributed by atoms with Gasteiger partial charge in [0.15, 0.2) is 0 Å². The summed E-state index contributed by atoms with van der Waals surface area (Å²) in [6.07, 6.45) is 2.80. The number of nitrogens with one attached hydrogen (secondary N) is 1. The third-order valence-corrected chi connectivity index (χ3v) is 3.88. The van der Waals surface area contributed by atoms with E-state index in [-0.39, 0.29) is 11.4 Å². The minimum atomic E-state index is -0.810. The van der Waals surface area contributed by atoms with Crippen molar-refractivity contribution in [3.05, 3.63) is 65.0 Å². The molecule has 130 valence electrons. The van der Waals surface area contributed by atoms with Gasteiger partial charge in [-0.15, -0.1) is 0 Å². The molecule has 0 radical (unpaired) electrons. The lowest BCUT2D eigenvalue weighted by Gasteiger charge is -2.10. The summed E-state index contributed by atoms with van der Waals surface area (Å²) >= 11 is 3.42. The van der Waals surface area contributed by atoms with Crippen LogP contribution >= 0.6 is 15.9 Å². The van der Waals surface area contributed by atoms with Gasteiger partial charge in [0.05, 0.1) is 5.52 Å². The van der Waals surface area contributed by atoms with E-state index in [9.17, 15) is 9.59 Å². The molecule has 0 saturated carbocycles. The summed E-state index contributed by atoms with van der Waals surface area (Å²) < 4.78 is 6.10. The Labute approximate surface area is 157 Å². The maximum Gasteiger partial charge on any atom is 0.359 e. The van der Waals surface area contributed by atoms with Crippen molar-refractivity contribution in [1.82, 2.24) is 9.97 Å². The van der Waals surface area contributed by atoms with Gasteiger partial charge < -0.3 is 15.8 Å². The molecule has 2 aromatic carbocycles. The Morgan fingerprint density at radius 3 is 2.81 bits per heavy atom. The number of fused-ring (bicyclic) bond motifs is 1. The molecule has 1 aromatic heterocycles.